The van der Waals surface area contributed by atoms with Crippen LogP contribution in [-0.4, -0.2) is 17.6 Å². The van der Waals surface area contributed by atoms with Crippen LogP contribution < -0.4 is 15.4 Å². The molecule has 2 rings (SSSR count). The first-order chi connectivity index (χ1) is 10.6. The third kappa shape index (κ3) is 3.15. The molecule has 23 heavy (non-hydrogen) atoms. The van der Waals surface area contributed by atoms with Crippen LogP contribution in [0.15, 0.2) is 32.7 Å². The van der Waals surface area contributed by atoms with Crippen molar-refractivity contribution < 1.29 is 12.6 Å². The normalized spacial score (nSPS) is 11.5. The molecule has 1 aromatic carbocycles. The van der Waals surface area contributed by atoms with Crippen molar-refractivity contribution >= 4 is 33.3 Å². The second-order valence-corrected chi connectivity index (χ2v) is 7.06. The molecule has 0 atom stereocenters. The van der Waals surface area contributed by atoms with E-state index in [2.05, 4.69) is 0 Å². The molecular formula is C13H12Cl2N2O5S. The summed E-state index contributed by atoms with van der Waals surface area (Å²) >= 11 is 11.7. The predicted molar refractivity (Wildman–Crippen MR) is 85.9 cm³/mol. The van der Waals surface area contributed by atoms with Crippen LogP contribution in [0.4, 0.5) is 0 Å². The van der Waals surface area contributed by atoms with Gasteiger partial charge in [-0.3, -0.25) is 13.9 Å². The topological polar surface area (TPSA) is 87.4 Å². The maximum absolute atomic E-state index is 12.5. The standard InChI is InChI=1S/C13H12Cl2N2O5S/c1-7-11(12(18)17(3)13(19)16(7)2)23(20,21)22-10-6-8(14)4-5-9(10)15/h4-6H,1-3H3. The van der Waals surface area contributed by atoms with Crippen LogP contribution >= 0.6 is 23.2 Å². The van der Waals surface area contributed by atoms with E-state index in [0.717, 1.165) is 4.57 Å². The average Bonchev–Trinajstić information content (AvgIpc) is 2.46. The first kappa shape index (κ1) is 17.6. The highest BCUT2D eigenvalue weighted by Crippen LogP contribution is 2.30. The Labute approximate surface area is 141 Å². The molecule has 1 aromatic heterocycles. The van der Waals surface area contributed by atoms with E-state index in [-0.39, 0.29) is 21.5 Å². The van der Waals surface area contributed by atoms with Gasteiger partial charge in [-0.1, -0.05) is 23.2 Å². The minimum Gasteiger partial charge on any atom is -0.377 e. The van der Waals surface area contributed by atoms with Crippen LogP contribution in [0.1, 0.15) is 5.69 Å². The molecule has 0 unspecified atom stereocenters. The van der Waals surface area contributed by atoms with Gasteiger partial charge in [0.25, 0.3) is 5.56 Å². The zero-order valence-corrected chi connectivity index (χ0v) is 14.7. The molecule has 0 N–H and O–H groups in total. The zero-order chi connectivity index (χ0) is 17.5. The molecule has 124 valence electrons. The molecule has 10 heteroatoms. The number of benzene rings is 1. The summed E-state index contributed by atoms with van der Waals surface area (Å²) in [5.74, 6) is -0.213. The van der Waals surface area contributed by atoms with Gasteiger partial charge in [0.15, 0.2) is 10.6 Å². The maximum atomic E-state index is 12.5. The van der Waals surface area contributed by atoms with Gasteiger partial charge in [0.05, 0.1) is 5.02 Å². The lowest BCUT2D eigenvalue weighted by molar-refractivity contribution is 0.478. The Balaban J connectivity index is 2.69. The fraction of sp³-hybridized carbons (Fsp3) is 0.231. The maximum Gasteiger partial charge on any atom is 0.346 e. The number of halogens is 2. The van der Waals surface area contributed by atoms with Gasteiger partial charge in [-0.05, 0) is 19.1 Å². The van der Waals surface area contributed by atoms with E-state index < -0.39 is 26.3 Å². The van der Waals surface area contributed by atoms with Crippen molar-refractivity contribution in [2.75, 3.05) is 0 Å². The van der Waals surface area contributed by atoms with Gasteiger partial charge in [-0.25, -0.2) is 4.79 Å². The number of nitrogens with zero attached hydrogens (tertiary/aromatic N) is 2. The summed E-state index contributed by atoms with van der Waals surface area (Å²) in [6.07, 6.45) is 0. The van der Waals surface area contributed by atoms with E-state index in [4.69, 9.17) is 27.4 Å². The van der Waals surface area contributed by atoms with E-state index >= 15 is 0 Å². The van der Waals surface area contributed by atoms with E-state index in [1.54, 1.807) is 0 Å². The van der Waals surface area contributed by atoms with E-state index in [0.29, 0.717) is 4.57 Å². The first-order valence-electron chi connectivity index (χ1n) is 6.22. The molecule has 0 bridgehead atoms. The molecule has 1 heterocycles. The summed E-state index contributed by atoms with van der Waals surface area (Å²) < 4.78 is 31.6. The quantitative estimate of drug-likeness (QED) is 0.754. The SMILES string of the molecule is Cc1c(S(=O)(=O)Oc2cc(Cl)ccc2Cl)c(=O)n(C)c(=O)n1C. The minimum atomic E-state index is -4.51. The summed E-state index contributed by atoms with van der Waals surface area (Å²) in [6.45, 7) is 1.33. The van der Waals surface area contributed by atoms with E-state index in [1.165, 1.54) is 39.2 Å². The van der Waals surface area contributed by atoms with Crippen LogP contribution in [0.3, 0.4) is 0 Å². The Morgan fingerprint density at radius 3 is 2.30 bits per heavy atom. The number of hydrogen-bond acceptors (Lipinski definition) is 5. The van der Waals surface area contributed by atoms with Gasteiger partial charge in [0.2, 0.25) is 0 Å². The molecule has 0 amide bonds. The second-order valence-electron chi connectivity index (χ2n) is 4.73. The molecule has 7 nitrogen and oxygen atoms in total. The van der Waals surface area contributed by atoms with Crippen LogP contribution in [0.2, 0.25) is 10.0 Å². The Hall–Kier alpha value is -1.77. The van der Waals surface area contributed by atoms with Gasteiger partial charge < -0.3 is 4.18 Å². The number of aromatic nitrogens is 2. The molecular weight excluding hydrogens is 367 g/mol. The molecule has 0 aliphatic carbocycles. The van der Waals surface area contributed by atoms with Crippen molar-refractivity contribution in [3.63, 3.8) is 0 Å². The molecule has 0 spiro atoms. The van der Waals surface area contributed by atoms with Gasteiger partial charge >= 0.3 is 15.8 Å². The highest BCUT2D eigenvalue weighted by molar-refractivity contribution is 7.87. The van der Waals surface area contributed by atoms with Crippen molar-refractivity contribution in [1.82, 2.24) is 9.13 Å². The summed E-state index contributed by atoms with van der Waals surface area (Å²) in [7, 11) is -1.99. The third-order valence-corrected chi connectivity index (χ3v) is 5.16. The van der Waals surface area contributed by atoms with Gasteiger partial charge in [-0.2, -0.15) is 8.42 Å². The molecule has 0 saturated carbocycles. The van der Waals surface area contributed by atoms with Crippen LogP contribution in [0.5, 0.6) is 5.75 Å². The Bertz CT molecular complexity index is 1010. The molecule has 0 aliphatic rings. The lowest BCUT2D eigenvalue weighted by Crippen LogP contribution is -2.41. The summed E-state index contributed by atoms with van der Waals surface area (Å²) in [5, 5.41) is 0.224. The number of rotatable bonds is 3. The molecule has 0 saturated heterocycles. The van der Waals surface area contributed by atoms with Crippen molar-refractivity contribution in [1.29, 1.82) is 0 Å². The first-order valence-corrected chi connectivity index (χ1v) is 8.39. The highest BCUT2D eigenvalue weighted by atomic mass is 35.5. The highest BCUT2D eigenvalue weighted by Gasteiger charge is 2.28. The second kappa shape index (κ2) is 6.03. The van der Waals surface area contributed by atoms with E-state index in [1.807, 2.05) is 0 Å². The number of hydrogen-bond donors (Lipinski definition) is 0. The summed E-state index contributed by atoms with van der Waals surface area (Å²) in [6, 6.07) is 4.03. The van der Waals surface area contributed by atoms with Crippen LogP contribution in [0.25, 0.3) is 0 Å². The Morgan fingerprint density at radius 2 is 1.70 bits per heavy atom. The van der Waals surface area contributed by atoms with Crippen molar-refractivity contribution in [2.24, 2.45) is 14.1 Å². The third-order valence-electron chi connectivity index (χ3n) is 3.25. The lowest BCUT2D eigenvalue weighted by atomic mass is 10.3. The van der Waals surface area contributed by atoms with Crippen LogP contribution in [-0.2, 0) is 24.2 Å². The fourth-order valence-corrected chi connectivity index (χ4v) is 3.57. The van der Waals surface area contributed by atoms with Crippen molar-refractivity contribution in [2.45, 2.75) is 11.8 Å². The monoisotopic (exact) mass is 378 g/mol. The minimum absolute atomic E-state index is 0.0114. The molecule has 2 aromatic rings. The molecule has 0 radical (unpaired) electrons. The molecule has 0 fully saturated rings. The zero-order valence-electron chi connectivity index (χ0n) is 12.3. The van der Waals surface area contributed by atoms with Crippen molar-refractivity contribution in [3.8, 4) is 5.75 Å². The van der Waals surface area contributed by atoms with Crippen molar-refractivity contribution in [3.05, 3.63) is 54.8 Å². The predicted octanol–water partition coefficient (Wildman–Crippen LogP) is 1.47. The van der Waals surface area contributed by atoms with Gasteiger partial charge in [0.1, 0.15) is 0 Å². The van der Waals surface area contributed by atoms with Crippen LogP contribution in [0, 0.1) is 6.92 Å². The molecule has 0 aliphatic heterocycles. The van der Waals surface area contributed by atoms with E-state index in [9.17, 15) is 18.0 Å². The van der Waals surface area contributed by atoms with Gasteiger partial charge in [0, 0.05) is 30.9 Å². The summed E-state index contributed by atoms with van der Waals surface area (Å²) in [5.41, 5.74) is -1.67. The summed E-state index contributed by atoms with van der Waals surface area (Å²) in [4.78, 5) is 23.3. The Morgan fingerprint density at radius 1 is 1.09 bits per heavy atom. The smallest absolute Gasteiger partial charge is 0.346 e. The fourth-order valence-electron chi connectivity index (χ4n) is 1.90. The Kier molecular flexibility index (Phi) is 4.61. The largest absolute Gasteiger partial charge is 0.377 e. The average molecular weight is 379 g/mol. The van der Waals surface area contributed by atoms with Gasteiger partial charge in [-0.15, -0.1) is 0 Å². The lowest BCUT2D eigenvalue weighted by Gasteiger charge is -2.13.